The van der Waals surface area contributed by atoms with Crippen LogP contribution >= 0.6 is 0 Å². The third-order valence-corrected chi connectivity index (χ3v) is 5.94. The lowest BCUT2D eigenvalue weighted by Crippen LogP contribution is -2.40. The number of carbonyl (C=O) groups excluding carboxylic acids is 2. The van der Waals surface area contributed by atoms with E-state index in [2.05, 4.69) is 15.4 Å². The number of anilines is 1. The molecule has 10 heteroatoms. The van der Waals surface area contributed by atoms with Gasteiger partial charge < -0.3 is 14.8 Å². The normalized spacial score (nSPS) is 18.5. The van der Waals surface area contributed by atoms with E-state index < -0.39 is 27.5 Å². The summed E-state index contributed by atoms with van der Waals surface area (Å²) in [6.07, 6.45) is 0. The highest BCUT2D eigenvalue weighted by Gasteiger charge is 2.43. The second-order valence-corrected chi connectivity index (χ2v) is 8.38. The van der Waals surface area contributed by atoms with Crippen molar-refractivity contribution in [2.24, 2.45) is 0 Å². The molecular weight excluding hydrogens is 410 g/mol. The molecule has 2 aromatic rings. The van der Waals surface area contributed by atoms with Gasteiger partial charge >= 0.3 is 6.03 Å². The third kappa shape index (κ3) is 4.18. The van der Waals surface area contributed by atoms with E-state index in [1.165, 1.54) is 18.2 Å². The van der Waals surface area contributed by atoms with Crippen molar-refractivity contribution in [1.29, 1.82) is 0 Å². The standard InChI is InChI=1S/C20H23N3O6S/c1-4-28-16-10-9-15(12-17(16)29-5-2)30(26,27)23-14-8-6-7-13(11-14)20(3)18(24)21-19(25)22-20/h6-12,23H,4-5H2,1-3H3,(H2,21,22,24,25). The van der Waals surface area contributed by atoms with E-state index in [0.717, 1.165) is 0 Å². The molecule has 0 spiro atoms. The molecule has 1 saturated heterocycles. The summed E-state index contributed by atoms with van der Waals surface area (Å²) < 4.78 is 39.3. The van der Waals surface area contributed by atoms with E-state index in [4.69, 9.17) is 9.47 Å². The highest BCUT2D eigenvalue weighted by atomic mass is 32.2. The number of amides is 3. The molecule has 0 saturated carbocycles. The van der Waals surface area contributed by atoms with Gasteiger partial charge in [0.1, 0.15) is 5.54 Å². The van der Waals surface area contributed by atoms with Crippen LogP contribution in [0.1, 0.15) is 26.3 Å². The molecule has 3 rings (SSSR count). The molecule has 1 heterocycles. The predicted octanol–water partition coefficient (Wildman–Crippen LogP) is 2.34. The van der Waals surface area contributed by atoms with E-state index in [0.29, 0.717) is 30.3 Å². The molecule has 9 nitrogen and oxygen atoms in total. The molecule has 30 heavy (non-hydrogen) atoms. The number of imide groups is 1. The van der Waals surface area contributed by atoms with E-state index >= 15 is 0 Å². The van der Waals surface area contributed by atoms with Crippen LogP contribution in [0.4, 0.5) is 10.5 Å². The number of hydrogen-bond acceptors (Lipinski definition) is 6. The second kappa shape index (κ2) is 8.23. The van der Waals surface area contributed by atoms with Crippen molar-refractivity contribution in [3.8, 4) is 11.5 Å². The van der Waals surface area contributed by atoms with Gasteiger partial charge in [0.15, 0.2) is 11.5 Å². The summed E-state index contributed by atoms with van der Waals surface area (Å²) in [5.74, 6) is 0.269. The maximum absolute atomic E-state index is 12.9. The SMILES string of the molecule is CCOc1ccc(S(=O)(=O)Nc2cccc(C3(C)NC(=O)NC3=O)c2)cc1OCC. The molecule has 1 unspecified atom stereocenters. The number of urea groups is 1. The first-order chi connectivity index (χ1) is 14.2. The molecule has 0 aliphatic carbocycles. The number of nitrogens with one attached hydrogen (secondary N) is 3. The number of sulfonamides is 1. The molecule has 2 aromatic carbocycles. The zero-order chi connectivity index (χ0) is 21.9. The molecule has 1 atom stereocenters. The van der Waals surface area contributed by atoms with Crippen LogP contribution in [0.2, 0.25) is 0 Å². The molecular formula is C20H23N3O6S. The largest absolute Gasteiger partial charge is 0.490 e. The fourth-order valence-electron chi connectivity index (χ4n) is 3.05. The van der Waals surface area contributed by atoms with Crippen molar-refractivity contribution < 1.29 is 27.5 Å². The van der Waals surface area contributed by atoms with Crippen molar-refractivity contribution in [2.75, 3.05) is 17.9 Å². The molecule has 3 N–H and O–H groups in total. The zero-order valence-electron chi connectivity index (χ0n) is 16.8. The maximum Gasteiger partial charge on any atom is 0.322 e. The van der Waals surface area contributed by atoms with Gasteiger partial charge in [-0.3, -0.25) is 14.8 Å². The third-order valence-electron chi connectivity index (χ3n) is 4.56. The Morgan fingerprint density at radius 2 is 1.70 bits per heavy atom. The Kier molecular flexibility index (Phi) is 5.88. The molecule has 1 aliphatic heterocycles. The fourth-order valence-corrected chi connectivity index (χ4v) is 4.12. The van der Waals surface area contributed by atoms with Gasteiger partial charge in [0, 0.05) is 11.8 Å². The Labute approximate surface area is 174 Å². The van der Waals surface area contributed by atoms with Gasteiger partial charge in [0.25, 0.3) is 15.9 Å². The lowest BCUT2D eigenvalue weighted by Gasteiger charge is -2.22. The first-order valence-corrected chi connectivity index (χ1v) is 10.8. The van der Waals surface area contributed by atoms with Crippen molar-refractivity contribution in [1.82, 2.24) is 10.6 Å². The van der Waals surface area contributed by atoms with E-state index in [1.54, 1.807) is 38.1 Å². The lowest BCUT2D eigenvalue weighted by atomic mass is 9.92. The fraction of sp³-hybridized carbons (Fsp3) is 0.300. The van der Waals surface area contributed by atoms with Crippen LogP contribution in [0.25, 0.3) is 0 Å². The van der Waals surface area contributed by atoms with Crippen molar-refractivity contribution in [3.05, 3.63) is 48.0 Å². The van der Waals surface area contributed by atoms with Crippen LogP contribution in [-0.4, -0.2) is 33.6 Å². The van der Waals surface area contributed by atoms with Gasteiger partial charge in [-0.05, 0) is 50.6 Å². The van der Waals surface area contributed by atoms with Crippen molar-refractivity contribution in [2.45, 2.75) is 31.2 Å². The topological polar surface area (TPSA) is 123 Å². The molecule has 1 fully saturated rings. The number of hydrogen-bond donors (Lipinski definition) is 3. The number of carbonyl (C=O) groups is 2. The molecule has 0 bridgehead atoms. The monoisotopic (exact) mass is 433 g/mol. The van der Waals surface area contributed by atoms with Gasteiger partial charge in [0.05, 0.1) is 18.1 Å². The highest BCUT2D eigenvalue weighted by molar-refractivity contribution is 7.92. The van der Waals surface area contributed by atoms with Crippen molar-refractivity contribution >= 4 is 27.6 Å². The molecule has 1 aliphatic rings. The summed E-state index contributed by atoms with van der Waals surface area (Å²) in [6.45, 7) is 5.93. The van der Waals surface area contributed by atoms with E-state index in [-0.39, 0.29) is 10.6 Å². The molecule has 3 amide bonds. The quantitative estimate of drug-likeness (QED) is 0.549. The second-order valence-electron chi connectivity index (χ2n) is 6.69. The Morgan fingerprint density at radius 3 is 2.33 bits per heavy atom. The van der Waals surface area contributed by atoms with E-state index in [9.17, 15) is 18.0 Å². The minimum atomic E-state index is -3.94. The smallest absolute Gasteiger partial charge is 0.322 e. The Balaban J connectivity index is 1.90. The summed E-state index contributed by atoms with van der Waals surface area (Å²) in [6, 6.07) is 10.0. The minimum absolute atomic E-state index is 0.00192. The van der Waals surface area contributed by atoms with Crippen molar-refractivity contribution in [3.63, 3.8) is 0 Å². The maximum atomic E-state index is 12.9. The summed E-state index contributed by atoms with van der Waals surface area (Å²) in [5.41, 5.74) is -0.609. The molecule has 160 valence electrons. The van der Waals surface area contributed by atoms with Gasteiger partial charge in [-0.1, -0.05) is 12.1 Å². The number of ether oxygens (including phenoxy) is 2. The van der Waals surface area contributed by atoms with Crippen LogP contribution in [0.3, 0.4) is 0 Å². The van der Waals surface area contributed by atoms with Crippen LogP contribution in [0, 0.1) is 0 Å². The van der Waals surface area contributed by atoms with Gasteiger partial charge in [-0.15, -0.1) is 0 Å². The molecule has 0 radical (unpaired) electrons. The Bertz CT molecular complexity index is 1090. The van der Waals surface area contributed by atoms with Gasteiger partial charge in [-0.25, -0.2) is 13.2 Å². The van der Waals surface area contributed by atoms with Crippen LogP contribution in [-0.2, 0) is 20.4 Å². The summed E-state index contributed by atoms with van der Waals surface area (Å²) in [5, 5.41) is 4.73. The zero-order valence-corrected chi connectivity index (χ0v) is 17.6. The van der Waals surface area contributed by atoms with Crippen LogP contribution in [0.5, 0.6) is 11.5 Å². The average molecular weight is 433 g/mol. The molecule has 0 aromatic heterocycles. The Hall–Kier alpha value is -3.27. The van der Waals surface area contributed by atoms with Crippen LogP contribution in [0.15, 0.2) is 47.4 Å². The predicted molar refractivity (Wildman–Crippen MR) is 110 cm³/mol. The summed E-state index contributed by atoms with van der Waals surface area (Å²) >= 11 is 0. The minimum Gasteiger partial charge on any atom is -0.490 e. The van der Waals surface area contributed by atoms with E-state index in [1.807, 2.05) is 6.92 Å². The summed E-state index contributed by atoms with van der Waals surface area (Å²) in [4.78, 5) is 23.7. The number of benzene rings is 2. The van der Waals surface area contributed by atoms with Gasteiger partial charge in [0.2, 0.25) is 0 Å². The first kappa shape index (κ1) is 21.4. The Morgan fingerprint density at radius 1 is 1.00 bits per heavy atom. The highest BCUT2D eigenvalue weighted by Crippen LogP contribution is 2.32. The van der Waals surface area contributed by atoms with Gasteiger partial charge in [-0.2, -0.15) is 0 Å². The number of rotatable bonds is 8. The lowest BCUT2D eigenvalue weighted by molar-refractivity contribution is -0.123. The average Bonchev–Trinajstić information content (AvgIpc) is 2.96. The summed E-state index contributed by atoms with van der Waals surface area (Å²) in [7, 11) is -3.94. The first-order valence-electron chi connectivity index (χ1n) is 9.36. The van der Waals surface area contributed by atoms with Crippen LogP contribution < -0.4 is 24.8 Å².